The third kappa shape index (κ3) is 9.74. The van der Waals surface area contributed by atoms with Crippen molar-refractivity contribution in [3.05, 3.63) is 0 Å². The SMILES string of the molecule is CCNC(=NCCCOC1CCOCC1)NCCCOC1CCCCC1. The number of ether oxygens (including phenoxy) is 3. The predicted molar refractivity (Wildman–Crippen MR) is 106 cm³/mol. The van der Waals surface area contributed by atoms with Crippen LogP contribution in [0, 0.1) is 0 Å². The molecule has 6 nitrogen and oxygen atoms in total. The monoisotopic (exact) mass is 369 g/mol. The van der Waals surface area contributed by atoms with Crippen molar-refractivity contribution in [2.24, 2.45) is 4.99 Å². The van der Waals surface area contributed by atoms with Crippen LogP contribution in [0.3, 0.4) is 0 Å². The van der Waals surface area contributed by atoms with Crippen molar-refractivity contribution in [3.63, 3.8) is 0 Å². The van der Waals surface area contributed by atoms with E-state index in [0.29, 0.717) is 12.2 Å². The van der Waals surface area contributed by atoms with E-state index in [-0.39, 0.29) is 0 Å². The molecule has 152 valence electrons. The summed E-state index contributed by atoms with van der Waals surface area (Å²) in [5.41, 5.74) is 0. The summed E-state index contributed by atoms with van der Waals surface area (Å²) < 4.78 is 17.2. The highest BCUT2D eigenvalue weighted by atomic mass is 16.5. The van der Waals surface area contributed by atoms with E-state index in [4.69, 9.17) is 14.2 Å². The lowest BCUT2D eigenvalue weighted by Crippen LogP contribution is -2.38. The summed E-state index contributed by atoms with van der Waals surface area (Å²) in [6, 6.07) is 0. The quantitative estimate of drug-likeness (QED) is 0.333. The summed E-state index contributed by atoms with van der Waals surface area (Å²) in [6.45, 7) is 7.96. The molecule has 2 N–H and O–H groups in total. The fraction of sp³-hybridized carbons (Fsp3) is 0.950. The van der Waals surface area contributed by atoms with Crippen molar-refractivity contribution in [1.29, 1.82) is 0 Å². The first-order chi connectivity index (χ1) is 12.9. The highest BCUT2D eigenvalue weighted by Gasteiger charge is 2.14. The Kier molecular flexibility index (Phi) is 11.7. The van der Waals surface area contributed by atoms with E-state index in [1.54, 1.807) is 0 Å². The summed E-state index contributed by atoms with van der Waals surface area (Å²) >= 11 is 0. The molecule has 0 amide bonds. The van der Waals surface area contributed by atoms with Gasteiger partial charge in [-0.25, -0.2) is 0 Å². The van der Waals surface area contributed by atoms with Crippen molar-refractivity contribution < 1.29 is 14.2 Å². The Balaban J connectivity index is 1.49. The Morgan fingerprint density at radius 3 is 2.35 bits per heavy atom. The smallest absolute Gasteiger partial charge is 0.191 e. The maximum atomic E-state index is 5.97. The second-order valence-electron chi connectivity index (χ2n) is 7.21. The van der Waals surface area contributed by atoms with Gasteiger partial charge in [-0.3, -0.25) is 4.99 Å². The van der Waals surface area contributed by atoms with Gasteiger partial charge in [0.05, 0.1) is 12.2 Å². The molecule has 0 atom stereocenters. The zero-order chi connectivity index (χ0) is 18.3. The minimum Gasteiger partial charge on any atom is -0.381 e. The Labute approximate surface area is 159 Å². The molecular formula is C20H39N3O3. The molecule has 0 bridgehead atoms. The molecule has 2 rings (SSSR count). The molecule has 1 heterocycles. The Morgan fingerprint density at radius 2 is 1.62 bits per heavy atom. The third-order valence-electron chi connectivity index (χ3n) is 4.96. The molecule has 1 aliphatic carbocycles. The summed E-state index contributed by atoms with van der Waals surface area (Å²) in [6.07, 6.45) is 11.4. The van der Waals surface area contributed by atoms with E-state index in [2.05, 4.69) is 22.5 Å². The standard InChI is InChI=1S/C20H39N3O3/c1-2-21-20(22-12-6-14-25-18-8-4-3-5-9-18)23-13-7-15-26-19-10-16-24-17-11-19/h18-19H,2-17H2,1H3,(H2,21,22,23). The first-order valence-corrected chi connectivity index (χ1v) is 10.7. The minimum atomic E-state index is 0.378. The van der Waals surface area contributed by atoms with Crippen LogP contribution in [0.15, 0.2) is 4.99 Å². The van der Waals surface area contributed by atoms with Gasteiger partial charge in [0.25, 0.3) is 0 Å². The van der Waals surface area contributed by atoms with Gasteiger partial charge in [-0.15, -0.1) is 0 Å². The summed E-state index contributed by atoms with van der Waals surface area (Å²) in [5, 5.41) is 6.70. The van der Waals surface area contributed by atoms with Crippen molar-refractivity contribution >= 4 is 5.96 Å². The maximum Gasteiger partial charge on any atom is 0.191 e. The molecule has 0 radical (unpaired) electrons. The fourth-order valence-electron chi connectivity index (χ4n) is 3.45. The molecule has 2 fully saturated rings. The lowest BCUT2D eigenvalue weighted by Gasteiger charge is -2.22. The van der Waals surface area contributed by atoms with Crippen molar-refractivity contribution in [2.45, 2.75) is 76.9 Å². The topological polar surface area (TPSA) is 64.1 Å². The van der Waals surface area contributed by atoms with Crippen molar-refractivity contribution in [2.75, 3.05) is 46.1 Å². The van der Waals surface area contributed by atoms with E-state index in [9.17, 15) is 0 Å². The zero-order valence-corrected chi connectivity index (χ0v) is 16.6. The van der Waals surface area contributed by atoms with Crippen LogP contribution in [-0.4, -0.2) is 64.2 Å². The molecule has 26 heavy (non-hydrogen) atoms. The Hall–Kier alpha value is -0.850. The summed E-state index contributed by atoms with van der Waals surface area (Å²) in [4.78, 5) is 4.63. The van der Waals surface area contributed by atoms with Gasteiger partial charge in [0.15, 0.2) is 5.96 Å². The molecule has 6 heteroatoms. The fourth-order valence-corrected chi connectivity index (χ4v) is 3.45. The van der Waals surface area contributed by atoms with E-state index in [1.165, 1.54) is 32.1 Å². The van der Waals surface area contributed by atoms with Crippen LogP contribution in [0.5, 0.6) is 0 Å². The van der Waals surface area contributed by atoms with Gasteiger partial charge in [0, 0.05) is 46.1 Å². The molecule has 0 aromatic rings. The number of guanidine groups is 1. The highest BCUT2D eigenvalue weighted by Crippen LogP contribution is 2.20. The van der Waals surface area contributed by atoms with Crippen molar-refractivity contribution in [3.8, 4) is 0 Å². The van der Waals surface area contributed by atoms with Crippen LogP contribution in [0.4, 0.5) is 0 Å². The third-order valence-corrected chi connectivity index (χ3v) is 4.96. The first-order valence-electron chi connectivity index (χ1n) is 10.7. The predicted octanol–water partition coefficient (Wildman–Crippen LogP) is 2.87. The second kappa shape index (κ2) is 14.2. The molecule has 0 spiro atoms. The van der Waals surface area contributed by atoms with Gasteiger partial charge in [-0.1, -0.05) is 19.3 Å². The van der Waals surface area contributed by atoms with Gasteiger partial charge < -0.3 is 24.8 Å². The average molecular weight is 370 g/mol. The highest BCUT2D eigenvalue weighted by molar-refractivity contribution is 5.79. The van der Waals surface area contributed by atoms with Crippen LogP contribution in [0.2, 0.25) is 0 Å². The van der Waals surface area contributed by atoms with E-state index >= 15 is 0 Å². The normalized spacial score (nSPS) is 20.3. The average Bonchev–Trinajstić information content (AvgIpc) is 2.69. The van der Waals surface area contributed by atoms with Crippen LogP contribution >= 0.6 is 0 Å². The minimum absolute atomic E-state index is 0.378. The van der Waals surface area contributed by atoms with E-state index in [1.807, 2.05) is 0 Å². The molecule has 2 aliphatic rings. The van der Waals surface area contributed by atoms with Crippen LogP contribution in [0.1, 0.15) is 64.7 Å². The lowest BCUT2D eigenvalue weighted by molar-refractivity contribution is -0.0318. The number of rotatable bonds is 11. The lowest BCUT2D eigenvalue weighted by atomic mass is 9.98. The number of nitrogens with one attached hydrogen (secondary N) is 2. The molecule has 0 aromatic carbocycles. The largest absolute Gasteiger partial charge is 0.381 e. The molecule has 0 unspecified atom stereocenters. The van der Waals surface area contributed by atoms with Crippen LogP contribution in [0.25, 0.3) is 0 Å². The maximum absolute atomic E-state index is 5.97. The number of aliphatic imine (C=N–C) groups is 1. The van der Waals surface area contributed by atoms with E-state index in [0.717, 1.165) is 77.7 Å². The first kappa shape index (κ1) is 21.5. The second-order valence-corrected chi connectivity index (χ2v) is 7.21. The number of nitrogens with zero attached hydrogens (tertiary/aromatic N) is 1. The molecular weight excluding hydrogens is 330 g/mol. The molecule has 0 aromatic heterocycles. The van der Waals surface area contributed by atoms with Gasteiger partial charge in [-0.05, 0) is 45.4 Å². The van der Waals surface area contributed by atoms with Gasteiger partial charge in [0.1, 0.15) is 0 Å². The van der Waals surface area contributed by atoms with Gasteiger partial charge >= 0.3 is 0 Å². The number of hydrogen-bond donors (Lipinski definition) is 2. The van der Waals surface area contributed by atoms with Crippen LogP contribution in [-0.2, 0) is 14.2 Å². The number of hydrogen-bond acceptors (Lipinski definition) is 4. The van der Waals surface area contributed by atoms with E-state index < -0.39 is 0 Å². The summed E-state index contributed by atoms with van der Waals surface area (Å²) in [5.74, 6) is 0.899. The van der Waals surface area contributed by atoms with Crippen LogP contribution < -0.4 is 10.6 Å². The molecule has 1 saturated carbocycles. The van der Waals surface area contributed by atoms with Gasteiger partial charge in [0.2, 0.25) is 0 Å². The summed E-state index contributed by atoms with van der Waals surface area (Å²) in [7, 11) is 0. The Morgan fingerprint density at radius 1 is 0.923 bits per heavy atom. The van der Waals surface area contributed by atoms with Crippen molar-refractivity contribution in [1.82, 2.24) is 10.6 Å². The van der Waals surface area contributed by atoms with Gasteiger partial charge in [-0.2, -0.15) is 0 Å². The molecule has 1 saturated heterocycles. The Bertz CT molecular complexity index is 367. The molecule has 1 aliphatic heterocycles. The zero-order valence-electron chi connectivity index (χ0n) is 16.6.